The molecular formula is C20H28N4O2. The van der Waals surface area contributed by atoms with Crippen molar-refractivity contribution >= 4 is 17.6 Å². The molecular weight excluding hydrogens is 328 g/mol. The minimum absolute atomic E-state index is 0.0821. The van der Waals surface area contributed by atoms with Gasteiger partial charge in [0.2, 0.25) is 5.91 Å². The van der Waals surface area contributed by atoms with Crippen LogP contribution in [0.1, 0.15) is 50.9 Å². The number of anilines is 1. The van der Waals surface area contributed by atoms with Crippen LogP contribution in [0, 0.1) is 5.92 Å². The lowest BCUT2D eigenvalue weighted by molar-refractivity contribution is -0.120. The first-order chi connectivity index (χ1) is 12.6. The van der Waals surface area contributed by atoms with Gasteiger partial charge in [-0.2, -0.15) is 5.10 Å². The Balaban J connectivity index is 2.48. The highest BCUT2D eigenvalue weighted by atomic mass is 16.2. The molecule has 140 valence electrons. The van der Waals surface area contributed by atoms with Crippen LogP contribution < -0.4 is 5.32 Å². The van der Waals surface area contributed by atoms with Crippen molar-refractivity contribution in [2.45, 2.75) is 40.5 Å². The molecule has 2 amide bonds. The normalized spacial score (nSPS) is 10.8. The second kappa shape index (κ2) is 9.17. The van der Waals surface area contributed by atoms with Gasteiger partial charge < -0.3 is 10.2 Å². The smallest absolute Gasteiger partial charge is 0.259 e. The lowest BCUT2D eigenvalue weighted by Crippen LogP contribution is -2.32. The first-order valence-corrected chi connectivity index (χ1v) is 9.30. The summed E-state index contributed by atoms with van der Waals surface area (Å²) < 4.78 is 1.62. The summed E-state index contributed by atoms with van der Waals surface area (Å²) in [7, 11) is 0. The highest BCUT2D eigenvalue weighted by molar-refractivity contribution is 6.03. The van der Waals surface area contributed by atoms with E-state index in [9.17, 15) is 9.59 Å². The van der Waals surface area contributed by atoms with Gasteiger partial charge in [0, 0.05) is 19.0 Å². The van der Waals surface area contributed by atoms with Gasteiger partial charge in [0.1, 0.15) is 11.4 Å². The Morgan fingerprint density at radius 3 is 2.23 bits per heavy atom. The van der Waals surface area contributed by atoms with E-state index in [2.05, 4.69) is 10.4 Å². The Kier molecular flexibility index (Phi) is 6.95. The first kappa shape index (κ1) is 19.7. The van der Waals surface area contributed by atoms with Crippen LogP contribution in [0.3, 0.4) is 0 Å². The summed E-state index contributed by atoms with van der Waals surface area (Å²) in [6.45, 7) is 9.06. The molecule has 1 aromatic carbocycles. The monoisotopic (exact) mass is 356 g/mol. The van der Waals surface area contributed by atoms with Crippen molar-refractivity contribution in [3.63, 3.8) is 0 Å². The molecule has 0 aliphatic heterocycles. The van der Waals surface area contributed by atoms with Gasteiger partial charge in [-0.15, -0.1) is 0 Å². The van der Waals surface area contributed by atoms with Gasteiger partial charge in [-0.05, 0) is 38.8 Å². The van der Waals surface area contributed by atoms with Crippen LogP contribution in [0.5, 0.6) is 0 Å². The molecule has 0 atom stereocenters. The third-order valence-electron chi connectivity index (χ3n) is 4.65. The maximum Gasteiger partial charge on any atom is 0.259 e. The minimum atomic E-state index is -0.128. The topological polar surface area (TPSA) is 67.2 Å². The molecule has 0 aliphatic carbocycles. The second-order valence-corrected chi connectivity index (χ2v) is 6.13. The molecule has 6 heteroatoms. The summed E-state index contributed by atoms with van der Waals surface area (Å²) in [5.41, 5.74) is 1.21. The average Bonchev–Trinajstić information content (AvgIpc) is 3.07. The third kappa shape index (κ3) is 4.12. The van der Waals surface area contributed by atoms with E-state index in [4.69, 9.17) is 0 Å². The van der Waals surface area contributed by atoms with Gasteiger partial charge in [-0.1, -0.05) is 32.0 Å². The lowest BCUT2D eigenvalue weighted by Gasteiger charge is -2.20. The Hall–Kier alpha value is -2.63. The molecule has 0 unspecified atom stereocenters. The number of amides is 2. The number of hydrogen-bond donors (Lipinski definition) is 1. The van der Waals surface area contributed by atoms with Crippen molar-refractivity contribution in [1.29, 1.82) is 0 Å². The number of hydrogen-bond acceptors (Lipinski definition) is 3. The van der Waals surface area contributed by atoms with Crippen LogP contribution in [0.4, 0.5) is 5.82 Å². The molecule has 26 heavy (non-hydrogen) atoms. The van der Waals surface area contributed by atoms with Gasteiger partial charge in [-0.25, -0.2) is 4.68 Å². The fourth-order valence-corrected chi connectivity index (χ4v) is 2.95. The number of carbonyl (C=O) groups is 2. The van der Waals surface area contributed by atoms with Crippen molar-refractivity contribution in [2.24, 2.45) is 5.92 Å². The molecule has 1 N–H and O–H groups in total. The SMILES string of the molecule is CCC(CC)C(=O)Nc1c(C(=O)N(CC)CC)cnn1-c1ccccc1. The third-order valence-corrected chi connectivity index (χ3v) is 4.65. The quantitative estimate of drug-likeness (QED) is 0.784. The minimum Gasteiger partial charge on any atom is -0.339 e. The summed E-state index contributed by atoms with van der Waals surface area (Å²) >= 11 is 0. The van der Waals surface area contributed by atoms with E-state index >= 15 is 0 Å². The molecule has 0 spiro atoms. The summed E-state index contributed by atoms with van der Waals surface area (Å²) in [6, 6.07) is 9.50. The number of carbonyl (C=O) groups excluding carboxylic acids is 2. The molecule has 0 radical (unpaired) electrons. The lowest BCUT2D eigenvalue weighted by atomic mass is 10.0. The van der Waals surface area contributed by atoms with Crippen molar-refractivity contribution in [2.75, 3.05) is 18.4 Å². The molecule has 0 saturated carbocycles. The number of nitrogens with one attached hydrogen (secondary N) is 1. The van der Waals surface area contributed by atoms with Crippen LogP contribution >= 0.6 is 0 Å². The van der Waals surface area contributed by atoms with E-state index in [0.29, 0.717) is 24.5 Å². The Bertz CT molecular complexity index is 732. The fourth-order valence-electron chi connectivity index (χ4n) is 2.95. The first-order valence-electron chi connectivity index (χ1n) is 9.30. The van der Waals surface area contributed by atoms with Gasteiger partial charge in [0.05, 0.1) is 11.9 Å². The predicted octanol–water partition coefficient (Wildman–Crippen LogP) is 3.73. The Labute approximate surface area is 155 Å². The molecule has 1 heterocycles. The van der Waals surface area contributed by atoms with E-state index in [1.54, 1.807) is 9.58 Å². The molecule has 0 aliphatic rings. The average molecular weight is 356 g/mol. The number of rotatable bonds is 8. The van der Waals surface area contributed by atoms with Gasteiger partial charge in [0.15, 0.2) is 0 Å². The molecule has 6 nitrogen and oxygen atoms in total. The van der Waals surface area contributed by atoms with E-state index in [0.717, 1.165) is 18.5 Å². The summed E-state index contributed by atoms with van der Waals surface area (Å²) in [4.78, 5) is 27.3. The largest absolute Gasteiger partial charge is 0.339 e. The molecule has 0 bridgehead atoms. The molecule has 2 rings (SSSR count). The zero-order valence-corrected chi connectivity index (χ0v) is 16.0. The van der Waals surface area contributed by atoms with Crippen molar-refractivity contribution < 1.29 is 9.59 Å². The van der Waals surface area contributed by atoms with Gasteiger partial charge in [0.25, 0.3) is 5.91 Å². The van der Waals surface area contributed by atoms with Crippen LogP contribution in [-0.4, -0.2) is 39.6 Å². The van der Waals surface area contributed by atoms with Crippen molar-refractivity contribution in [3.05, 3.63) is 42.1 Å². The fraction of sp³-hybridized carbons (Fsp3) is 0.450. The Morgan fingerprint density at radius 1 is 1.08 bits per heavy atom. The van der Waals surface area contributed by atoms with Crippen LogP contribution in [0.25, 0.3) is 5.69 Å². The zero-order valence-electron chi connectivity index (χ0n) is 16.0. The zero-order chi connectivity index (χ0) is 19.1. The van der Waals surface area contributed by atoms with Crippen molar-refractivity contribution in [3.8, 4) is 5.69 Å². The van der Waals surface area contributed by atoms with Gasteiger partial charge >= 0.3 is 0 Å². The molecule has 0 saturated heterocycles. The number of nitrogens with zero attached hydrogens (tertiary/aromatic N) is 3. The maximum atomic E-state index is 12.9. The maximum absolute atomic E-state index is 12.9. The Morgan fingerprint density at radius 2 is 1.69 bits per heavy atom. The second-order valence-electron chi connectivity index (χ2n) is 6.13. The van der Waals surface area contributed by atoms with Gasteiger partial charge in [-0.3, -0.25) is 9.59 Å². The summed E-state index contributed by atoms with van der Waals surface area (Å²) in [5.74, 6) is 0.133. The van der Waals surface area contributed by atoms with Crippen molar-refractivity contribution in [1.82, 2.24) is 14.7 Å². The molecule has 1 aromatic heterocycles. The standard InChI is InChI=1S/C20H28N4O2/c1-5-15(6-2)19(25)22-18-17(20(26)23(7-3)8-4)14-21-24(18)16-12-10-9-11-13-16/h9-15H,5-8H2,1-4H3,(H,22,25). The van der Waals surface area contributed by atoms with E-state index in [-0.39, 0.29) is 17.7 Å². The number of aromatic nitrogens is 2. The molecule has 0 fully saturated rings. The van der Waals surface area contributed by atoms with Crippen LogP contribution in [0.2, 0.25) is 0 Å². The van der Waals surface area contributed by atoms with E-state index in [1.807, 2.05) is 58.0 Å². The van der Waals surface area contributed by atoms with Crippen LogP contribution in [-0.2, 0) is 4.79 Å². The summed E-state index contributed by atoms with van der Waals surface area (Å²) in [5, 5.41) is 7.33. The summed E-state index contributed by atoms with van der Waals surface area (Å²) in [6.07, 6.45) is 3.04. The predicted molar refractivity (Wildman–Crippen MR) is 104 cm³/mol. The highest BCUT2D eigenvalue weighted by Crippen LogP contribution is 2.23. The number of para-hydroxylation sites is 1. The number of benzene rings is 1. The van der Waals surface area contributed by atoms with E-state index < -0.39 is 0 Å². The highest BCUT2D eigenvalue weighted by Gasteiger charge is 2.25. The molecule has 2 aromatic rings. The van der Waals surface area contributed by atoms with E-state index in [1.165, 1.54) is 6.20 Å². The van der Waals surface area contributed by atoms with Crippen LogP contribution in [0.15, 0.2) is 36.5 Å².